The molecule has 0 fully saturated rings. The fraction of sp³-hybridized carbons (Fsp3) is 0.467. The van der Waals surface area contributed by atoms with E-state index in [1.165, 1.54) is 0 Å². The van der Waals surface area contributed by atoms with Crippen LogP contribution in [0.1, 0.15) is 36.2 Å². The Morgan fingerprint density at radius 2 is 2.21 bits per heavy atom. The van der Waals surface area contributed by atoms with Crippen LogP contribution >= 0.6 is 11.6 Å². The van der Waals surface area contributed by atoms with E-state index in [1.54, 1.807) is 11.0 Å². The first-order valence-electron chi connectivity index (χ1n) is 6.39. The molecule has 0 saturated carbocycles. The minimum Gasteiger partial charge on any atom is -0.337 e. The summed E-state index contributed by atoms with van der Waals surface area (Å²) in [5, 5.41) is 8.68. The molecule has 0 heterocycles. The molecule has 4 heteroatoms. The second kappa shape index (κ2) is 7.81. The van der Waals surface area contributed by atoms with Crippen molar-refractivity contribution in [1.29, 1.82) is 5.26 Å². The number of nitrogens with zero attached hydrogens (tertiary/aromatic N) is 2. The highest BCUT2D eigenvalue weighted by molar-refractivity contribution is 6.17. The Labute approximate surface area is 119 Å². The Morgan fingerprint density at radius 1 is 1.47 bits per heavy atom. The molecule has 0 unspecified atom stereocenters. The normalized spacial score (nSPS) is 10.3. The maximum atomic E-state index is 12.4. The molecule has 0 aromatic heterocycles. The van der Waals surface area contributed by atoms with Gasteiger partial charge in [-0.05, 0) is 23.6 Å². The zero-order chi connectivity index (χ0) is 14.3. The molecular weight excluding hydrogens is 260 g/mol. The lowest BCUT2D eigenvalue weighted by molar-refractivity contribution is 0.0740. The van der Waals surface area contributed by atoms with E-state index < -0.39 is 0 Å². The quantitative estimate of drug-likeness (QED) is 0.748. The third-order valence-electron chi connectivity index (χ3n) is 2.69. The molecule has 0 saturated heterocycles. The van der Waals surface area contributed by atoms with Gasteiger partial charge in [-0.1, -0.05) is 26.0 Å². The van der Waals surface area contributed by atoms with Crippen molar-refractivity contribution in [1.82, 2.24) is 4.90 Å². The molecule has 1 aromatic rings. The summed E-state index contributed by atoms with van der Waals surface area (Å²) in [5.41, 5.74) is 1.56. The number of halogens is 1. The predicted molar refractivity (Wildman–Crippen MR) is 77.0 cm³/mol. The zero-order valence-electron chi connectivity index (χ0n) is 11.4. The number of hydrogen-bond donors (Lipinski definition) is 0. The first-order chi connectivity index (χ1) is 9.08. The molecule has 0 bridgehead atoms. The molecule has 0 radical (unpaired) electrons. The number of alkyl halides is 1. The van der Waals surface area contributed by atoms with E-state index >= 15 is 0 Å². The average molecular weight is 279 g/mol. The maximum absolute atomic E-state index is 12.4. The van der Waals surface area contributed by atoms with Crippen LogP contribution in [0.15, 0.2) is 24.3 Å². The topological polar surface area (TPSA) is 44.1 Å². The van der Waals surface area contributed by atoms with Crippen LogP contribution in [-0.4, -0.2) is 23.9 Å². The van der Waals surface area contributed by atoms with Crippen LogP contribution in [0.3, 0.4) is 0 Å². The first-order valence-corrected chi connectivity index (χ1v) is 6.93. The van der Waals surface area contributed by atoms with Gasteiger partial charge in [0.25, 0.3) is 5.91 Å². The molecule has 0 atom stereocenters. The van der Waals surface area contributed by atoms with Crippen LogP contribution in [0.2, 0.25) is 0 Å². The van der Waals surface area contributed by atoms with Crippen molar-refractivity contribution in [2.24, 2.45) is 5.92 Å². The van der Waals surface area contributed by atoms with Gasteiger partial charge in [-0.2, -0.15) is 5.26 Å². The van der Waals surface area contributed by atoms with Crippen molar-refractivity contribution in [3.8, 4) is 6.07 Å². The number of amides is 1. The van der Waals surface area contributed by atoms with Gasteiger partial charge in [0.2, 0.25) is 0 Å². The van der Waals surface area contributed by atoms with Crippen LogP contribution in [0.4, 0.5) is 0 Å². The summed E-state index contributed by atoms with van der Waals surface area (Å²) in [7, 11) is 0. The second-order valence-corrected chi connectivity index (χ2v) is 5.15. The van der Waals surface area contributed by atoms with Crippen LogP contribution in [0.25, 0.3) is 0 Å². The van der Waals surface area contributed by atoms with Crippen LogP contribution in [0, 0.1) is 17.2 Å². The number of nitriles is 1. The highest BCUT2D eigenvalue weighted by atomic mass is 35.5. The van der Waals surface area contributed by atoms with Gasteiger partial charge in [0, 0.05) is 24.5 Å². The van der Waals surface area contributed by atoms with Gasteiger partial charge in [0.15, 0.2) is 0 Å². The molecule has 3 nitrogen and oxygen atoms in total. The van der Waals surface area contributed by atoms with Gasteiger partial charge < -0.3 is 4.90 Å². The van der Waals surface area contributed by atoms with Gasteiger partial charge in [0.1, 0.15) is 0 Å². The van der Waals surface area contributed by atoms with Crippen molar-refractivity contribution in [3.63, 3.8) is 0 Å². The summed E-state index contributed by atoms with van der Waals surface area (Å²) in [6, 6.07) is 9.42. The first kappa shape index (κ1) is 15.5. The van der Waals surface area contributed by atoms with Crippen molar-refractivity contribution in [2.75, 3.05) is 13.1 Å². The lowest BCUT2D eigenvalue weighted by Crippen LogP contribution is -2.35. The molecule has 0 spiro atoms. The fourth-order valence-electron chi connectivity index (χ4n) is 1.87. The number of carbonyl (C=O) groups is 1. The second-order valence-electron chi connectivity index (χ2n) is 4.89. The smallest absolute Gasteiger partial charge is 0.253 e. The van der Waals surface area contributed by atoms with Gasteiger partial charge >= 0.3 is 0 Å². The largest absolute Gasteiger partial charge is 0.337 e. The summed E-state index contributed by atoms with van der Waals surface area (Å²) in [4.78, 5) is 14.2. The molecule has 102 valence electrons. The molecule has 0 aliphatic rings. The van der Waals surface area contributed by atoms with Crippen molar-refractivity contribution < 1.29 is 4.79 Å². The van der Waals surface area contributed by atoms with E-state index in [9.17, 15) is 4.79 Å². The zero-order valence-corrected chi connectivity index (χ0v) is 12.2. The number of carbonyl (C=O) groups excluding carboxylic acids is 1. The molecule has 19 heavy (non-hydrogen) atoms. The molecule has 0 aliphatic heterocycles. The Balaban J connectivity index is 2.87. The van der Waals surface area contributed by atoms with Gasteiger partial charge in [-0.3, -0.25) is 4.79 Å². The van der Waals surface area contributed by atoms with E-state index in [-0.39, 0.29) is 5.91 Å². The van der Waals surface area contributed by atoms with Gasteiger partial charge in [0.05, 0.1) is 12.5 Å². The number of hydrogen-bond acceptors (Lipinski definition) is 2. The summed E-state index contributed by atoms with van der Waals surface area (Å²) < 4.78 is 0. The van der Waals surface area contributed by atoms with Crippen LogP contribution in [-0.2, 0) is 5.88 Å². The summed E-state index contributed by atoms with van der Waals surface area (Å²) in [6.07, 6.45) is 0.355. The molecular formula is C15H19ClN2O. The van der Waals surface area contributed by atoms with E-state index in [0.29, 0.717) is 36.9 Å². The lowest BCUT2D eigenvalue weighted by Gasteiger charge is -2.23. The minimum atomic E-state index is -0.0316. The standard InChI is InChI=1S/C15H19ClN2O/c1-12(2)11-18(8-4-7-17)15(19)14-6-3-5-13(9-14)10-16/h3,5-6,9,12H,4,8,10-11H2,1-2H3. The Kier molecular flexibility index (Phi) is 6.38. The van der Waals surface area contributed by atoms with Crippen molar-refractivity contribution in [3.05, 3.63) is 35.4 Å². The molecule has 0 N–H and O–H groups in total. The molecule has 1 aromatic carbocycles. The maximum Gasteiger partial charge on any atom is 0.253 e. The Bertz CT molecular complexity index is 465. The molecule has 0 aliphatic carbocycles. The van der Waals surface area contributed by atoms with Crippen LogP contribution < -0.4 is 0 Å². The van der Waals surface area contributed by atoms with E-state index in [1.807, 2.05) is 18.2 Å². The number of rotatable bonds is 6. The third-order valence-corrected chi connectivity index (χ3v) is 3.00. The third kappa shape index (κ3) is 4.92. The highest BCUT2D eigenvalue weighted by Crippen LogP contribution is 2.12. The van der Waals surface area contributed by atoms with Gasteiger partial charge in [-0.25, -0.2) is 0 Å². The van der Waals surface area contributed by atoms with E-state index in [2.05, 4.69) is 19.9 Å². The number of benzene rings is 1. The molecule has 1 rings (SSSR count). The summed E-state index contributed by atoms with van der Waals surface area (Å²) in [6.45, 7) is 5.24. The summed E-state index contributed by atoms with van der Waals surface area (Å²) >= 11 is 5.78. The van der Waals surface area contributed by atoms with Gasteiger partial charge in [-0.15, -0.1) is 11.6 Å². The predicted octanol–water partition coefficient (Wildman–Crippen LogP) is 3.44. The average Bonchev–Trinajstić information content (AvgIpc) is 2.42. The molecule has 1 amide bonds. The fourth-order valence-corrected chi connectivity index (χ4v) is 2.04. The van der Waals surface area contributed by atoms with Crippen molar-refractivity contribution >= 4 is 17.5 Å². The van der Waals surface area contributed by atoms with Crippen molar-refractivity contribution in [2.45, 2.75) is 26.1 Å². The monoisotopic (exact) mass is 278 g/mol. The summed E-state index contributed by atoms with van der Waals surface area (Å²) in [5.74, 6) is 0.735. The van der Waals surface area contributed by atoms with Crippen LogP contribution in [0.5, 0.6) is 0 Å². The SMILES string of the molecule is CC(C)CN(CCC#N)C(=O)c1cccc(CCl)c1. The Hall–Kier alpha value is -1.53. The van der Waals surface area contributed by atoms with E-state index in [4.69, 9.17) is 16.9 Å². The highest BCUT2D eigenvalue weighted by Gasteiger charge is 2.16. The minimum absolute atomic E-state index is 0.0316. The Morgan fingerprint density at radius 3 is 2.79 bits per heavy atom. The lowest BCUT2D eigenvalue weighted by atomic mass is 10.1. The van der Waals surface area contributed by atoms with E-state index in [0.717, 1.165) is 5.56 Å².